The van der Waals surface area contributed by atoms with Gasteiger partial charge in [0.25, 0.3) is 5.56 Å². The van der Waals surface area contributed by atoms with Crippen molar-refractivity contribution in [1.29, 1.82) is 0 Å². The molecular weight excluding hydrogens is 462 g/mol. The van der Waals surface area contributed by atoms with Crippen LogP contribution in [0, 0.1) is 6.92 Å². The molecule has 0 radical (unpaired) electrons. The van der Waals surface area contributed by atoms with Crippen molar-refractivity contribution in [3.63, 3.8) is 0 Å². The van der Waals surface area contributed by atoms with E-state index in [-0.39, 0.29) is 23.8 Å². The van der Waals surface area contributed by atoms with Gasteiger partial charge in [-0.1, -0.05) is 6.07 Å². The molecule has 0 atom stereocenters. The Bertz CT molecular complexity index is 1450. The van der Waals surface area contributed by atoms with Gasteiger partial charge in [0.15, 0.2) is 5.78 Å². The van der Waals surface area contributed by atoms with Crippen molar-refractivity contribution in [1.82, 2.24) is 19.4 Å². The summed E-state index contributed by atoms with van der Waals surface area (Å²) in [5, 5.41) is 2.86. The quantitative estimate of drug-likeness (QED) is 0.405. The molecule has 1 aromatic carbocycles. The predicted molar refractivity (Wildman–Crippen MR) is 136 cm³/mol. The van der Waals surface area contributed by atoms with E-state index in [1.165, 1.54) is 17.4 Å². The standard InChI is InChI=1S/C26H25N5O3S/c1-18-5-10-24(35-18)23(32)9-6-19-15-30(17-28-19)21-8-7-20(31-12-3-2-4-26(31)34)14-22(21)29-13-11-27-25(33)16-29/h2-5,7-8,10,12,14-15,17H,6,9,11,13,16H2,1H3,(H,27,33). The van der Waals surface area contributed by atoms with Crippen LogP contribution in [-0.4, -0.2) is 45.4 Å². The van der Waals surface area contributed by atoms with Gasteiger partial charge in [-0.3, -0.25) is 19.0 Å². The Morgan fingerprint density at radius 1 is 1.11 bits per heavy atom. The topological polar surface area (TPSA) is 89.2 Å². The van der Waals surface area contributed by atoms with Crippen LogP contribution in [0.1, 0.15) is 26.7 Å². The van der Waals surface area contributed by atoms with Gasteiger partial charge >= 0.3 is 0 Å². The van der Waals surface area contributed by atoms with Crippen LogP contribution in [0.3, 0.4) is 0 Å². The summed E-state index contributed by atoms with van der Waals surface area (Å²) >= 11 is 1.51. The monoisotopic (exact) mass is 487 g/mol. The Kier molecular flexibility index (Phi) is 6.33. The fourth-order valence-corrected chi connectivity index (χ4v) is 5.03. The summed E-state index contributed by atoms with van der Waals surface area (Å²) in [5.74, 6) is 0.0773. The summed E-state index contributed by atoms with van der Waals surface area (Å²) in [6.45, 7) is 3.43. The van der Waals surface area contributed by atoms with Gasteiger partial charge < -0.3 is 14.8 Å². The van der Waals surface area contributed by atoms with E-state index in [0.29, 0.717) is 25.9 Å². The fraction of sp³-hybridized carbons (Fsp3) is 0.231. The molecule has 5 rings (SSSR count). The third kappa shape index (κ3) is 4.95. The summed E-state index contributed by atoms with van der Waals surface area (Å²) in [5.41, 5.74) is 3.10. The van der Waals surface area contributed by atoms with Gasteiger partial charge in [0.2, 0.25) is 5.91 Å². The van der Waals surface area contributed by atoms with Crippen LogP contribution in [0.2, 0.25) is 0 Å². The molecule has 4 heterocycles. The van der Waals surface area contributed by atoms with Crippen LogP contribution >= 0.6 is 11.3 Å². The number of anilines is 1. The first-order valence-electron chi connectivity index (χ1n) is 11.4. The minimum atomic E-state index is -0.127. The molecule has 1 aliphatic heterocycles. The maximum atomic E-state index is 12.5. The zero-order valence-electron chi connectivity index (χ0n) is 19.3. The van der Waals surface area contributed by atoms with Crippen LogP contribution < -0.4 is 15.8 Å². The number of aromatic nitrogens is 3. The number of aryl methyl sites for hydroxylation is 2. The number of carbonyl (C=O) groups excluding carboxylic acids is 2. The summed E-state index contributed by atoms with van der Waals surface area (Å²) in [7, 11) is 0. The third-order valence-corrected chi connectivity index (χ3v) is 7.02. The number of hydrogen-bond acceptors (Lipinski definition) is 6. The molecule has 1 N–H and O–H groups in total. The Hall–Kier alpha value is -3.98. The number of nitrogens with zero attached hydrogens (tertiary/aromatic N) is 4. The van der Waals surface area contributed by atoms with Crippen molar-refractivity contribution in [3.05, 3.63) is 93.1 Å². The molecule has 9 heteroatoms. The number of Topliss-reactive ketones (excluding diaryl/α,β-unsaturated/α-hetero) is 1. The number of rotatable bonds is 7. The number of hydrogen-bond donors (Lipinski definition) is 1. The smallest absolute Gasteiger partial charge is 0.255 e. The molecule has 0 unspecified atom stereocenters. The fourth-order valence-electron chi connectivity index (χ4n) is 4.19. The maximum Gasteiger partial charge on any atom is 0.255 e. The van der Waals surface area contributed by atoms with E-state index < -0.39 is 0 Å². The largest absolute Gasteiger partial charge is 0.359 e. The van der Waals surface area contributed by atoms with Crippen LogP contribution in [0.5, 0.6) is 0 Å². The molecular formula is C26H25N5O3S. The Balaban J connectivity index is 1.44. The molecule has 8 nitrogen and oxygen atoms in total. The highest BCUT2D eigenvalue weighted by molar-refractivity contribution is 7.14. The third-order valence-electron chi connectivity index (χ3n) is 5.98. The van der Waals surface area contributed by atoms with Crippen molar-refractivity contribution in [2.24, 2.45) is 0 Å². The number of piperazine rings is 1. The van der Waals surface area contributed by atoms with Crippen molar-refractivity contribution in [2.75, 3.05) is 24.5 Å². The van der Waals surface area contributed by atoms with Crippen LogP contribution in [0.15, 0.2) is 72.0 Å². The molecule has 0 saturated carbocycles. The van der Waals surface area contributed by atoms with E-state index >= 15 is 0 Å². The number of benzene rings is 1. The molecule has 4 aromatic rings. The first-order valence-corrected chi connectivity index (χ1v) is 12.3. The molecule has 1 fully saturated rings. The number of pyridine rings is 1. The zero-order chi connectivity index (χ0) is 24.4. The van der Waals surface area contributed by atoms with Gasteiger partial charge in [-0.05, 0) is 49.7 Å². The average Bonchev–Trinajstić information content (AvgIpc) is 3.52. The van der Waals surface area contributed by atoms with Crippen molar-refractivity contribution in [3.8, 4) is 11.4 Å². The number of carbonyl (C=O) groups is 2. The van der Waals surface area contributed by atoms with E-state index in [9.17, 15) is 14.4 Å². The highest BCUT2D eigenvalue weighted by atomic mass is 32.1. The number of ketones is 1. The molecule has 1 aliphatic rings. The SMILES string of the molecule is Cc1ccc(C(=O)CCc2cn(-c3ccc(-n4ccccc4=O)cc3N3CCNC(=O)C3)cn2)s1. The van der Waals surface area contributed by atoms with Gasteiger partial charge in [0, 0.05) is 42.8 Å². The average molecular weight is 488 g/mol. The highest BCUT2D eigenvalue weighted by Gasteiger charge is 2.21. The van der Waals surface area contributed by atoms with Gasteiger partial charge in [0.1, 0.15) is 0 Å². The number of thiophene rings is 1. The molecule has 0 spiro atoms. The van der Waals surface area contributed by atoms with Crippen molar-refractivity contribution in [2.45, 2.75) is 19.8 Å². The summed E-state index contributed by atoms with van der Waals surface area (Å²) in [4.78, 5) is 45.4. The number of nitrogens with one attached hydrogen (secondary N) is 1. The second kappa shape index (κ2) is 9.71. The van der Waals surface area contributed by atoms with E-state index in [0.717, 1.165) is 32.5 Å². The lowest BCUT2D eigenvalue weighted by Crippen LogP contribution is -2.48. The molecule has 0 bridgehead atoms. The summed E-state index contributed by atoms with van der Waals surface area (Å²) in [6.07, 6.45) is 6.32. The second-order valence-corrected chi connectivity index (χ2v) is 9.75. The van der Waals surface area contributed by atoms with Crippen LogP contribution in [0.4, 0.5) is 5.69 Å². The minimum Gasteiger partial charge on any atom is -0.359 e. The lowest BCUT2D eigenvalue weighted by atomic mass is 10.1. The van der Waals surface area contributed by atoms with Gasteiger partial charge in [-0.2, -0.15) is 0 Å². The predicted octanol–water partition coefficient (Wildman–Crippen LogP) is 3.14. The minimum absolute atomic E-state index is 0.0434. The van der Waals surface area contributed by atoms with Crippen LogP contribution in [-0.2, 0) is 11.2 Å². The first-order chi connectivity index (χ1) is 17.0. The molecule has 1 amide bonds. The van der Waals surface area contributed by atoms with E-state index in [1.807, 2.05) is 59.0 Å². The number of imidazole rings is 1. The molecule has 178 valence electrons. The van der Waals surface area contributed by atoms with Gasteiger partial charge in [0.05, 0.1) is 40.5 Å². The molecule has 0 aliphatic carbocycles. The summed E-state index contributed by atoms with van der Waals surface area (Å²) in [6, 6.07) is 14.6. The molecule has 1 saturated heterocycles. The normalized spacial score (nSPS) is 13.6. The lowest BCUT2D eigenvalue weighted by Gasteiger charge is -2.30. The second-order valence-electron chi connectivity index (χ2n) is 8.46. The maximum absolute atomic E-state index is 12.5. The summed E-state index contributed by atoms with van der Waals surface area (Å²) < 4.78 is 3.49. The van der Waals surface area contributed by atoms with Crippen molar-refractivity contribution < 1.29 is 9.59 Å². The molecule has 35 heavy (non-hydrogen) atoms. The lowest BCUT2D eigenvalue weighted by molar-refractivity contribution is -0.120. The Morgan fingerprint density at radius 2 is 2.00 bits per heavy atom. The van der Waals surface area contributed by atoms with E-state index in [1.54, 1.807) is 23.2 Å². The van der Waals surface area contributed by atoms with Crippen LogP contribution in [0.25, 0.3) is 11.4 Å². The first kappa shape index (κ1) is 22.8. The molecule has 3 aromatic heterocycles. The van der Waals surface area contributed by atoms with Crippen molar-refractivity contribution >= 4 is 28.7 Å². The van der Waals surface area contributed by atoms with Gasteiger partial charge in [-0.15, -0.1) is 11.3 Å². The van der Waals surface area contributed by atoms with Gasteiger partial charge in [-0.25, -0.2) is 4.98 Å². The van der Waals surface area contributed by atoms with E-state index in [4.69, 9.17) is 0 Å². The number of amides is 1. The van der Waals surface area contributed by atoms with E-state index in [2.05, 4.69) is 10.3 Å². The Morgan fingerprint density at radius 3 is 2.77 bits per heavy atom. The highest BCUT2D eigenvalue weighted by Crippen LogP contribution is 2.28. The Labute approximate surface area is 206 Å². The zero-order valence-corrected chi connectivity index (χ0v) is 20.1.